The first-order chi connectivity index (χ1) is 20.8. The summed E-state index contributed by atoms with van der Waals surface area (Å²) in [5, 5.41) is 3.14. The second-order valence-electron chi connectivity index (χ2n) is 10.0. The first kappa shape index (κ1) is 33.0. The molecule has 0 fully saturated rings. The molecule has 0 atom stereocenters. The zero-order chi connectivity index (χ0) is 32.1. The molecule has 0 bridgehead atoms. The Bertz CT molecular complexity index is 1820. The smallest absolute Gasteiger partial charge is 0.370 e. The molecule has 0 unspecified atom stereocenters. The molecule has 11 nitrogen and oxygen atoms in total. The van der Waals surface area contributed by atoms with Crippen LogP contribution in [0.2, 0.25) is 5.02 Å². The molecule has 4 rings (SSSR count). The van der Waals surface area contributed by atoms with Crippen molar-refractivity contribution in [1.29, 1.82) is 0 Å². The molecule has 2 aromatic carbocycles. The summed E-state index contributed by atoms with van der Waals surface area (Å²) in [6, 6.07) is 11.3. The third-order valence-electron chi connectivity index (χ3n) is 6.76. The van der Waals surface area contributed by atoms with Gasteiger partial charge in [-0.1, -0.05) is 23.7 Å². The monoisotopic (exact) mass is 652 g/mol. The molecular formula is C28H32ClF3N8O3S. The number of aromatic amines is 1. The van der Waals surface area contributed by atoms with Gasteiger partial charge in [0.05, 0.1) is 15.6 Å². The number of aryl methyl sites for hydroxylation is 1. The Kier molecular flexibility index (Phi) is 10.3. The van der Waals surface area contributed by atoms with Crippen LogP contribution in [0.25, 0.3) is 28.0 Å². The number of aromatic nitrogens is 3. The number of fused-ring (bicyclic) bond motifs is 1. The van der Waals surface area contributed by atoms with E-state index in [-0.39, 0.29) is 29.3 Å². The predicted octanol–water partition coefficient (Wildman–Crippen LogP) is 3.36. The summed E-state index contributed by atoms with van der Waals surface area (Å²) < 4.78 is 66.6. The number of rotatable bonds is 13. The topological polar surface area (TPSA) is 187 Å². The van der Waals surface area contributed by atoms with Gasteiger partial charge in [0.15, 0.2) is 5.96 Å². The summed E-state index contributed by atoms with van der Waals surface area (Å²) in [5.74, 6) is 0.0527. The Morgan fingerprint density at radius 1 is 1.07 bits per heavy atom. The van der Waals surface area contributed by atoms with E-state index in [0.29, 0.717) is 55.7 Å². The lowest BCUT2D eigenvalue weighted by Crippen LogP contribution is -2.24. The van der Waals surface area contributed by atoms with Crippen molar-refractivity contribution >= 4 is 38.4 Å². The molecule has 0 radical (unpaired) electrons. The van der Waals surface area contributed by atoms with Crippen molar-refractivity contribution in [3.05, 3.63) is 75.3 Å². The largest absolute Gasteiger partial charge is 0.501 e. The zero-order valence-electron chi connectivity index (χ0n) is 23.5. The molecule has 0 aliphatic heterocycles. The molecule has 0 aliphatic rings. The Labute approximate surface area is 256 Å². The first-order valence-corrected chi connectivity index (χ1v) is 15.5. The average Bonchev–Trinajstić information content (AvgIpc) is 3.37. The number of nitrogens with one attached hydrogen (secondary N) is 2. The van der Waals surface area contributed by atoms with Crippen molar-refractivity contribution < 1.29 is 21.6 Å². The molecular weight excluding hydrogens is 621 g/mol. The number of sulfone groups is 1. The van der Waals surface area contributed by atoms with Crippen LogP contribution in [0.3, 0.4) is 0 Å². The second-order valence-corrected chi connectivity index (χ2v) is 12.3. The number of nitrogens with zero attached hydrogens (tertiary/aromatic N) is 3. The van der Waals surface area contributed by atoms with Crippen molar-refractivity contribution in [2.75, 3.05) is 19.6 Å². The van der Waals surface area contributed by atoms with Crippen LogP contribution in [0, 0.1) is 0 Å². The molecule has 0 amide bonds. The van der Waals surface area contributed by atoms with E-state index in [2.05, 4.69) is 20.3 Å². The minimum atomic E-state index is -5.75. The molecule has 2 heterocycles. The molecule has 8 N–H and O–H groups in total. The Morgan fingerprint density at radius 3 is 2.45 bits per heavy atom. The lowest BCUT2D eigenvalue weighted by molar-refractivity contribution is -0.0436. The number of nitrogens with two attached hydrogens (primary N) is 3. The van der Waals surface area contributed by atoms with Crippen LogP contribution in [0.15, 0.2) is 63.3 Å². The highest BCUT2D eigenvalue weighted by Crippen LogP contribution is 2.40. The van der Waals surface area contributed by atoms with Gasteiger partial charge in [0.2, 0.25) is 0 Å². The fraction of sp³-hybridized carbons (Fsp3) is 0.321. The van der Waals surface area contributed by atoms with Crippen LogP contribution in [0.1, 0.15) is 30.4 Å². The van der Waals surface area contributed by atoms with Crippen molar-refractivity contribution in [3.63, 3.8) is 0 Å². The van der Waals surface area contributed by atoms with E-state index >= 15 is 0 Å². The number of hydrogen-bond donors (Lipinski definition) is 5. The quantitative estimate of drug-likeness (QED) is 0.0826. The molecule has 0 saturated carbocycles. The molecule has 0 spiro atoms. The van der Waals surface area contributed by atoms with Crippen molar-refractivity contribution in [1.82, 2.24) is 19.9 Å². The van der Waals surface area contributed by atoms with E-state index in [0.717, 1.165) is 18.1 Å². The summed E-state index contributed by atoms with van der Waals surface area (Å²) in [7, 11) is -5.75. The molecule has 4 aromatic rings. The van der Waals surface area contributed by atoms with Gasteiger partial charge in [0.25, 0.3) is 9.84 Å². The highest BCUT2D eigenvalue weighted by Gasteiger charge is 2.48. The van der Waals surface area contributed by atoms with Crippen molar-refractivity contribution in [2.45, 2.75) is 42.6 Å². The van der Waals surface area contributed by atoms with Gasteiger partial charge in [-0.25, -0.2) is 13.2 Å². The van der Waals surface area contributed by atoms with Gasteiger partial charge in [0, 0.05) is 35.9 Å². The number of aliphatic imine (C=N–C) groups is 1. The van der Waals surface area contributed by atoms with Gasteiger partial charge < -0.3 is 27.5 Å². The normalized spacial score (nSPS) is 12.1. The number of hydrogen-bond acceptors (Lipinski definition) is 7. The number of H-pyrrole nitrogens is 1. The summed E-state index contributed by atoms with van der Waals surface area (Å²) in [5.41, 5.74) is 12.3. The Balaban J connectivity index is 1.64. The lowest BCUT2D eigenvalue weighted by atomic mass is 10.0. The minimum Gasteiger partial charge on any atom is -0.370 e. The van der Waals surface area contributed by atoms with Gasteiger partial charge >= 0.3 is 11.2 Å². The maximum absolute atomic E-state index is 13.5. The van der Waals surface area contributed by atoms with E-state index in [1.165, 1.54) is 16.8 Å². The van der Waals surface area contributed by atoms with E-state index < -0.39 is 31.0 Å². The third-order valence-corrected chi connectivity index (χ3v) is 8.79. The second kappa shape index (κ2) is 13.8. The molecule has 0 saturated heterocycles. The first-order valence-electron chi connectivity index (χ1n) is 13.6. The fourth-order valence-electron chi connectivity index (χ4n) is 4.53. The number of alkyl halides is 3. The number of benzene rings is 2. The Morgan fingerprint density at radius 2 is 1.80 bits per heavy atom. The summed E-state index contributed by atoms with van der Waals surface area (Å²) in [6.07, 6.45) is 3.71. The molecule has 44 heavy (non-hydrogen) atoms. The summed E-state index contributed by atoms with van der Waals surface area (Å²) in [4.78, 5) is 22.8. The highest BCUT2D eigenvalue weighted by atomic mass is 35.5. The van der Waals surface area contributed by atoms with Crippen LogP contribution >= 0.6 is 11.6 Å². The summed E-state index contributed by atoms with van der Waals surface area (Å²) in [6.45, 7) is 2.20. The highest BCUT2D eigenvalue weighted by molar-refractivity contribution is 7.92. The number of halogens is 4. The van der Waals surface area contributed by atoms with E-state index in [1.54, 1.807) is 18.2 Å². The predicted molar refractivity (Wildman–Crippen MR) is 164 cm³/mol. The molecule has 2 aromatic heterocycles. The van der Waals surface area contributed by atoms with Crippen LogP contribution in [0.4, 0.5) is 13.2 Å². The standard InChI is InChI=1S/C28H32ClF3N8O3S/c29-24-21(12-18(4-1-2-9-33)13-23(24)44(42,43)28(30,31)32)22-14-19-16-40(27(41)39-25(19)38-22)20-7-5-17(6-8-20)15-36-10-3-11-37-26(34)35/h5-8,12-14,16,36H,1-4,9-11,15,33H2,(H4,34,35,37)(H,38,39,41). The fourth-order valence-corrected chi connectivity index (χ4v) is 5.95. The van der Waals surface area contributed by atoms with E-state index in [9.17, 15) is 26.4 Å². The maximum atomic E-state index is 13.5. The third kappa shape index (κ3) is 7.59. The van der Waals surface area contributed by atoms with Crippen LogP contribution in [-0.4, -0.2) is 54.1 Å². The van der Waals surface area contributed by atoms with Gasteiger partial charge in [0.1, 0.15) is 5.65 Å². The number of unbranched alkanes of at least 4 members (excludes halogenated alkanes) is 1. The van der Waals surface area contributed by atoms with Gasteiger partial charge in [-0.2, -0.15) is 18.2 Å². The van der Waals surface area contributed by atoms with Gasteiger partial charge in [-0.3, -0.25) is 9.56 Å². The summed E-state index contributed by atoms with van der Waals surface area (Å²) >= 11 is 6.31. The van der Waals surface area contributed by atoms with Crippen LogP contribution < -0.4 is 28.2 Å². The van der Waals surface area contributed by atoms with Gasteiger partial charge in [-0.15, -0.1) is 0 Å². The van der Waals surface area contributed by atoms with Crippen LogP contribution in [0.5, 0.6) is 0 Å². The lowest BCUT2D eigenvalue weighted by Gasteiger charge is -2.14. The van der Waals surface area contributed by atoms with E-state index in [4.69, 9.17) is 28.8 Å². The van der Waals surface area contributed by atoms with Crippen molar-refractivity contribution in [3.8, 4) is 16.9 Å². The molecule has 0 aliphatic carbocycles. The minimum absolute atomic E-state index is 0.0342. The number of guanidine groups is 1. The van der Waals surface area contributed by atoms with E-state index in [1.807, 2.05) is 12.1 Å². The average molecular weight is 653 g/mol. The SMILES string of the molecule is NCCCCc1cc(-c2cc3cn(-c4ccc(CNCCCN=C(N)N)cc4)c(=O)nc3[nH]2)c(Cl)c(S(=O)(=O)C(F)(F)F)c1. The maximum Gasteiger partial charge on any atom is 0.501 e. The Hall–Kier alpha value is -3.92. The zero-order valence-corrected chi connectivity index (χ0v) is 25.1. The van der Waals surface area contributed by atoms with Crippen molar-refractivity contribution in [2.24, 2.45) is 22.2 Å². The van der Waals surface area contributed by atoms with Crippen LogP contribution in [-0.2, 0) is 22.8 Å². The molecule has 236 valence electrons. The van der Waals surface area contributed by atoms with Gasteiger partial charge in [-0.05, 0) is 80.2 Å². The molecule has 16 heteroatoms.